The van der Waals surface area contributed by atoms with Gasteiger partial charge in [-0.1, -0.05) is 12.1 Å². The minimum absolute atomic E-state index is 0.0783. The van der Waals surface area contributed by atoms with Crippen LogP contribution in [0.3, 0.4) is 0 Å². The molecule has 7 nitrogen and oxygen atoms in total. The van der Waals surface area contributed by atoms with Crippen molar-refractivity contribution in [3.63, 3.8) is 0 Å². The van der Waals surface area contributed by atoms with Crippen molar-refractivity contribution in [2.45, 2.75) is 26.0 Å². The highest BCUT2D eigenvalue weighted by molar-refractivity contribution is 5.74. The van der Waals surface area contributed by atoms with Crippen molar-refractivity contribution in [1.29, 1.82) is 0 Å². The molecule has 0 bridgehead atoms. The molecule has 0 fully saturated rings. The third-order valence-electron chi connectivity index (χ3n) is 4.06. The fourth-order valence-corrected chi connectivity index (χ4v) is 2.74. The Hall–Kier alpha value is -2.70. The Morgan fingerprint density at radius 3 is 2.96 bits per heavy atom. The molecule has 1 aromatic heterocycles. The smallest absolute Gasteiger partial charge is 0.317 e. The Kier molecular flexibility index (Phi) is 5.77. The van der Waals surface area contributed by atoms with Crippen LogP contribution in [0.1, 0.15) is 13.3 Å². The first kappa shape index (κ1) is 17.1. The van der Waals surface area contributed by atoms with Gasteiger partial charge in [0.1, 0.15) is 6.61 Å². The molecule has 0 spiro atoms. The number of nitrogens with one attached hydrogen (secondary N) is 1. The Morgan fingerprint density at radius 1 is 1.36 bits per heavy atom. The predicted octanol–water partition coefficient (Wildman–Crippen LogP) is 2.14. The molecule has 0 unspecified atom stereocenters. The highest BCUT2D eigenvalue weighted by atomic mass is 16.6. The minimum Gasteiger partial charge on any atom is -0.486 e. The number of carbonyl (C=O) groups is 1. The summed E-state index contributed by atoms with van der Waals surface area (Å²) >= 11 is 0. The van der Waals surface area contributed by atoms with Gasteiger partial charge in [-0.05, 0) is 31.5 Å². The van der Waals surface area contributed by atoms with E-state index < -0.39 is 0 Å². The first-order valence-corrected chi connectivity index (χ1v) is 8.65. The molecule has 3 rings (SSSR count). The summed E-state index contributed by atoms with van der Waals surface area (Å²) in [4.78, 5) is 14.1. The molecule has 0 radical (unpaired) electrons. The van der Waals surface area contributed by atoms with E-state index in [1.54, 1.807) is 11.1 Å². The Bertz CT molecular complexity index is 675. The number of rotatable bonds is 7. The summed E-state index contributed by atoms with van der Waals surface area (Å²) in [6, 6.07) is 9.40. The second-order valence-corrected chi connectivity index (χ2v) is 5.89. The number of hydrogen-bond donors (Lipinski definition) is 1. The van der Waals surface area contributed by atoms with E-state index in [1.165, 1.54) is 0 Å². The topological polar surface area (TPSA) is 68.6 Å². The zero-order valence-electron chi connectivity index (χ0n) is 14.4. The Morgan fingerprint density at radius 2 is 2.20 bits per heavy atom. The van der Waals surface area contributed by atoms with Crippen LogP contribution in [0, 0.1) is 0 Å². The van der Waals surface area contributed by atoms with Crippen molar-refractivity contribution in [3.8, 4) is 11.5 Å². The summed E-state index contributed by atoms with van der Waals surface area (Å²) in [5, 5.41) is 7.10. The van der Waals surface area contributed by atoms with Crippen LogP contribution in [0.2, 0.25) is 0 Å². The van der Waals surface area contributed by atoms with Crippen LogP contribution in [0.4, 0.5) is 4.79 Å². The number of nitrogens with zero attached hydrogens (tertiary/aromatic N) is 3. The molecule has 1 aromatic carbocycles. The molecule has 0 saturated carbocycles. The number of para-hydroxylation sites is 2. The third kappa shape index (κ3) is 4.65. The number of likely N-dealkylation sites (N-methyl/N-ethyl adjacent to an activating group) is 1. The lowest BCUT2D eigenvalue weighted by atomic mass is 10.2. The van der Waals surface area contributed by atoms with Crippen LogP contribution < -0.4 is 14.8 Å². The number of amides is 2. The molecule has 2 aromatic rings. The third-order valence-corrected chi connectivity index (χ3v) is 4.06. The normalized spacial score (nSPS) is 15.6. The van der Waals surface area contributed by atoms with Gasteiger partial charge in [0.15, 0.2) is 17.6 Å². The van der Waals surface area contributed by atoms with E-state index in [9.17, 15) is 4.79 Å². The number of aromatic nitrogens is 2. The van der Waals surface area contributed by atoms with Crippen LogP contribution in [-0.2, 0) is 6.54 Å². The molecule has 2 amide bonds. The van der Waals surface area contributed by atoms with Crippen LogP contribution in [0.15, 0.2) is 42.7 Å². The molecule has 2 heterocycles. The minimum atomic E-state index is -0.162. The van der Waals surface area contributed by atoms with Gasteiger partial charge >= 0.3 is 6.03 Å². The van der Waals surface area contributed by atoms with Gasteiger partial charge in [-0.3, -0.25) is 4.68 Å². The van der Waals surface area contributed by atoms with E-state index in [4.69, 9.17) is 9.47 Å². The van der Waals surface area contributed by atoms with Gasteiger partial charge in [0.2, 0.25) is 0 Å². The SMILES string of the molecule is CCN(C[C@@H]1COc2ccccc2O1)C(=O)NCCCn1cccn1. The number of benzene rings is 1. The molecule has 7 heteroatoms. The molecule has 25 heavy (non-hydrogen) atoms. The maximum absolute atomic E-state index is 12.4. The van der Waals surface area contributed by atoms with Crippen LogP contribution in [0.25, 0.3) is 0 Å². The van der Waals surface area contributed by atoms with E-state index in [2.05, 4.69) is 10.4 Å². The number of ether oxygens (including phenoxy) is 2. The zero-order valence-corrected chi connectivity index (χ0v) is 14.4. The highest BCUT2D eigenvalue weighted by Crippen LogP contribution is 2.30. The first-order valence-electron chi connectivity index (χ1n) is 8.65. The lowest BCUT2D eigenvalue weighted by molar-refractivity contribution is 0.0675. The Balaban J connectivity index is 1.43. The summed E-state index contributed by atoms with van der Waals surface area (Å²) in [5.74, 6) is 1.49. The van der Waals surface area contributed by atoms with E-state index in [0.29, 0.717) is 26.2 Å². The molecular formula is C18H24N4O3. The number of aryl methyl sites for hydroxylation is 1. The summed E-state index contributed by atoms with van der Waals surface area (Å²) in [5.41, 5.74) is 0. The molecule has 1 aliphatic rings. The standard InChI is InChI=1S/C18H24N4O3/c1-2-21(18(23)19-9-5-11-22-12-6-10-20-22)13-15-14-24-16-7-3-4-8-17(16)25-15/h3-4,6-8,10,12,15H,2,5,9,11,13-14H2,1H3,(H,19,23)/t15-/m1/s1. The fraction of sp³-hybridized carbons (Fsp3) is 0.444. The number of carbonyl (C=O) groups excluding carboxylic acids is 1. The van der Waals surface area contributed by atoms with Gasteiger partial charge in [-0.15, -0.1) is 0 Å². The maximum Gasteiger partial charge on any atom is 0.317 e. The van der Waals surface area contributed by atoms with Gasteiger partial charge in [0.05, 0.1) is 6.54 Å². The van der Waals surface area contributed by atoms with Gasteiger partial charge < -0.3 is 19.7 Å². The Labute approximate surface area is 147 Å². The quantitative estimate of drug-likeness (QED) is 0.782. The van der Waals surface area contributed by atoms with Crippen LogP contribution in [-0.4, -0.2) is 53.1 Å². The molecule has 0 aliphatic carbocycles. The lowest BCUT2D eigenvalue weighted by Crippen LogP contribution is -2.47. The fourth-order valence-electron chi connectivity index (χ4n) is 2.74. The second-order valence-electron chi connectivity index (χ2n) is 5.89. The molecule has 1 aliphatic heterocycles. The number of hydrogen-bond acceptors (Lipinski definition) is 4. The van der Waals surface area contributed by atoms with Crippen molar-refractivity contribution in [1.82, 2.24) is 20.0 Å². The van der Waals surface area contributed by atoms with E-state index in [0.717, 1.165) is 24.5 Å². The van der Waals surface area contributed by atoms with Gasteiger partial charge in [-0.25, -0.2) is 4.79 Å². The molecule has 134 valence electrons. The zero-order chi connectivity index (χ0) is 17.5. The first-order chi connectivity index (χ1) is 12.3. The summed E-state index contributed by atoms with van der Waals surface area (Å²) in [7, 11) is 0. The lowest BCUT2D eigenvalue weighted by Gasteiger charge is -2.31. The number of urea groups is 1. The van der Waals surface area contributed by atoms with Crippen molar-refractivity contribution in [2.75, 3.05) is 26.2 Å². The predicted molar refractivity (Wildman–Crippen MR) is 93.8 cm³/mol. The van der Waals surface area contributed by atoms with Crippen LogP contribution in [0.5, 0.6) is 11.5 Å². The largest absolute Gasteiger partial charge is 0.486 e. The maximum atomic E-state index is 12.4. The average Bonchev–Trinajstić information content (AvgIpc) is 3.16. The van der Waals surface area contributed by atoms with Gasteiger partial charge in [0, 0.05) is 32.0 Å². The molecule has 1 N–H and O–H groups in total. The van der Waals surface area contributed by atoms with Crippen LogP contribution >= 0.6 is 0 Å². The highest BCUT2D eigenvalue weighted by Gasteiger charge is 2.24. The van der Waals surface area contributed by atoms with Crippen molar-refractivity contribution >= 4 is 6.03 Å². The van der Waals surface area contributed by atoms with E-state index >= 15 is 0 Å². The van der Waals surface area contributed by atoms with Gasteiger partial charge in [-0.2, -0.15) is 5.10 Å². The van der Waals surface area contributed by atoms with E-state index in [1.807, 2.05) is 48.1 Å². The summed E-state index contributed by atoms with van der Waals surface area (Å²) < 4.78 is 13.5. The molecular weight excluding hydrogens is 320 g/mol. The monoisotopic (exact) mass is 344 g/mol. The van der Waals surface area contributed by atoms with Crippen molar-refractivity contribution in [3.05, 3.63) is 42.7 Å². The number of fused-ring (bicyclic) bond motifs is 1. The summed E-state index contributed by atoms with van der Waals surface area (Å²) in [6.45, 7) is 4.92. The van der Waals surface area contributed by atoms with Crippen molar-refractivity contribution in [2.24, 2.45) is 0 Å². The average molecular weight is 344 g/mol. The van der Waals surface area contributed by atoms with Gasteiger partial charge in [0.25, 0.3) is 0 Å². The second kappa shape index (κ2) is 8.41. The molecule has 1 atom stereocenters. The summed E-state index contributed by atoms with van der Waals surface area (Å²) in [6.07, 6.45) is 4.34. The van der Waals surface area contributed by atoms with E-state index in [-0.39, 0.29) is 12.1 Å². The molecule has 0 saturated heterocycles. The van der Waals surface area contributed by atoms with Crippen molar-refractivity contribution < 1.29 is 14.3 Å².